The minimum atomic E-state index is -0.686. The van der Waals surface area contributed by atoms with Crippen LogP contribution in [0.2, 0.25) is 0 Å². The van der Waals surface area contributed by atoms with Crippen molar-refractivity contribution in [1.82, 2.24) is 10.6 Å². The number of methoxy groups -OCH3 is 1. The zero-order valence-electron chi connectivity index (χ0n) is 15.5. The molecule has 1 aliphatic carbocycles. The summed E-state index contributed by atoms with van der Waals surface area (Å²) in [7, 11) is 2.79. The molecule has 0 aliphatic heterocycles. The van der Waals surface area contributed by atoms with Crippen molar-refractivity contribution in [3.8, 4) is 0 Å². The Hall–Kier alpha value is -0.660. The lowest BCUT2D eigenvalue weighted by molar-refractivity contribution is 0.0689. The topological polar surface area (TPSA) is 72.0 Å². The van der Waals surface area contributed by atoms with Gasteiger partial charge in [0, 0.05) is 55.2 Å². The predicted molar refractivity (Wildman–Crippen MR) is 101 cm³/mol. The number of nitrogens with one attached hydrogen (secondary N) is 2. The monoisotopic (exact) mass is 361 g/mol. The fourth-order valence-electron chi connectivity index (χ4n) is 2.92. The van der Waals surface area contributed by atoms with Crippen LogP contribution in [0.25, 0.3) is 0 Å². The first-order valence-corrected chi connectivity index (χ1v) is 10.5. The maximum atomic E-state index is 12.0. The van der Waals surface area contributed by atoms with Crippen molar-refractivity contribution in [3.63, 3.8) is 0 Å². The lowest BCUT2D eigenvalue weighted by Gasteiger charge is -2.30. The van der Waals surface area contributed by atoms with Gasteiger partial charge < -0.3 is 20.1 Å². The number of hydrogen-bond acceptors (Lipinski definition) is 4. The van der Waals surface area contributed by atoms with Gasteiger partial charge in [-0.25, -0.2) is 0 Å². The number of rotatable bonds is 11. The molecule has 0 aromatic rings. The highest BCUT2D eigenvalue weighted by atomic mass is 32.2. The molecule has 1 saturated carbocycles. The van der Waals surface area contributed by atoms with Crippen LogP contribution in [0, 0.1) is 0 Å². The molecule has 0 aromatic heterocycles. The van der Waals surface area contributed by atoms with E-state index in [9.17, 15) is 4.21 Å². The van der Waals surface area contributed by atoms with Crippen LogP contribution in [0.4, 0.5) is 0 Å². The van der Waals surface area contributed by atoms with Crippen LogP contribution in [-0.4, -0.2) is 67.7 Å². The SMILES string of the molecule is CCS(=O)C1CCCC(NC(=NC)NCCCCOCCOC)C1. The van der Waals surface area contributed by atoms with E-state index in [4.69, 9.17) is 9.47 Å². The van der Waals surface area contributed by atoms with E-state index in [2.05, 4.69) is 15.6 Å². The minimum absolute atomic E-state index is 0.337. The normalized spacial score (nSPS) is 23.0. The smallest absolute Gasteiger partial charge is 0.191 e. The van der Waals surface area contributed by atoms with Crippen molar-refractivity contribution < 1.29 is 13.7 Å². The molecule has 0 saturated heterocycles. The molecular weight excluding hydrogens is 326 g/mol. The predicted octanol–water partition coefficient (Wildman–Crippen LogP) is 1.67. The molecule has 0 aromatic carbocycles. The first-order valence-electron chi connectivity index (χ1n) is 9.12. The minimum Gasteiger partial charge on any atom is -0.382 e. The van der Waals surface area contributed by atoms with E-state index in [1.165, 1.54) is 0 Å². The average Bonchev–Trinajstić information content (AvgIpc) is 2.62. The lowest BCUT2D eigenvalue weighted by Crippen LogP contribution is -2.46. The van der Waals surface area contributed by atoms with Gasteiger partial charge in [0.1, 0.15) is 0 Å². The van der Waals surface area contributed by atoms with Crippen molar-refractivity contribution in [2.45, 2.75) is 56.7 Å². The maximum absolute atomic E-state index is 12.0. The van der Waals surface area contributed by atoms with E-state index < -0.39 is 10.8 Å². The number of ether oxygens (including phenoxy) is 2. The fraction of sp³-hybridized carbons (Fsp3) is 0.941. The molecule has 3 unspecified atom stereocenters. The van der Waals surface area contributed by atoms with Gasteiger partial charge in [0.2, 0.25) is 0 Å². The first kappa shape index (κ1) is 21.4. The Kier molecular flexibility index (Phi) is 12.1. The van der Waals surface area contributed by atoms with Crippen molar-refractivity contribution in [2.24, 2.45) is 4.99 Å². The Labute approximate surface area is 149 Å². The molecule has 7 heteroatoms. The molecule has 1 aliphatic rings. The van der Waals surface area contributed by atoms with Crippen LogP contribution in [0.5, 0.6) is 0 Å². The average molecular weight is 362 g/mol. The number of aliphatic imine (C=N–C) groups is 1. The van der Waals surface area contributed by atoms with Crippen LogP contribution in [-0.2, 0) is 20.3 Å². The second-order valence-corrected chi connectivity index (χ2v) is 8.12. The van der Waals surface area contributed by atoms with Crippen LogP contribution < -0.4 is 10.6 Å². The van der Waals surface area contributed by atoms with Gasteiger partial charge in [0.05, 0.1) is 13.2 Å². The van der Waals surface area contributed by atoms with Crippen LogP contribution in [0.3, 0.4) is 0 Å². The largest absolute Gasteiger partial charge is 0.382 e. The highest BCUT2D eigenvalue weighted by Gasteiger charge is 2.25. The van der Waals surface area contributed by atoms with Gasteiger partial charge in [0.15, 0.2) is 5.96 Å². The van der Waals surface area contributed by atoms with Crippen molar-refractivity contribution in [3.05, 3.63) is 0 Å². The standard InChI is InChI=1S/C17H35N3O3S/c1-4-24(21)16-9-7-8-15(14-16)20-17(18-2)19-10-5-6-11-23-13-12-22-3/h15-16H,4-14H2,1-3H3,(H2,18,19,20). The summed E-state index contributed by atoms with van der Waals surface area (Å²) in [4.78, 5) is 4.30. The third-order valence-corrected chi connectivity index (χ3v) is 6.03. The molecule has 1 fully saturated rings. The van der Waals surface area contributed by atoms with Crippen molar-refractivity contribution >= 4 is 16.8 Å². The highest BCUT2D eigenvalue weighted by Crippen LogP contribution is 2.22. The van der Waals surface area contributed by atoms with Gasteiger partial charge in [-0.05, 0) is 32.1 Å². The summed E-state index contributed by atoms with van der Waals surface area (Å²) in [5.41, 5.74) is 0. The summed E-state index contributed by atoms with van der Waals surface area (Å²) in [5.74, 6) is 1.61. The second-order valence-electron chi connectivity index (χ2n) is 6.11. The van der Waals surface area contributed by atoms with E-state index in [1.54, 1.807) is 14.2 Å². The second kappa shape index (κ2) is 13.6. The van der Waals surface area contributed by atoms with E-state index in [0.717, 1.165) is 63.4 Å². The summed E-state index contributed by atoms with van der Waals surface area (Å²) in [5, 5.41) is 7.19. The Morgan fingerprint density at radius 1 is 1.25 bits per heavy atom. The van der Waals surface area contributed by atoms with Gasteiger partial charge in [-0.3, -0.25) is 9.20 Å². The molecule has 1 rings (SSSR count). The van der Waals surface area contributed by atoms with Crippen LogP contribution in [0.15, 0.2) is 4.99 Å². The Morgan fingerprint density at radius 3 is 2.79 bits per heavy atom. The summed E-state index contributed by atoms with van der Waals surface area (Å²) < 4.78 is 22.4. The van der Waals surface area contributed by atoms with Crippen molar-refractivity contribution in [2.75, 3.05) is 46.3 Å². The molecule has 3 atom stereocenters. The molecule has 0 heterocycles. The summed E-state index contributed by atoms with van der Waals surface area (Å²) in [6.45, 7) is 4.97. The zero-order chi connectivity index (χ0) is 17.6. The molecule has 2 N–H and O–H groups in total. The van der Waals surface area contributed by atoms with Crippen molar-refractivity contribution in [1.29, 1.82) is 0 Å². The molecule has 0 bridgehead atoms. The first-order chi connectivity index (χ1) is 11.7. The number of unbranched alkanes of at least 4 members (excludes halogenated alkanes) is 1. The van der Waals surface area contributed by atoms with E-state index in [0.29, 0.717) is 24.5 Å². The van der Waals surface area contributed by atoms with Gasteiger partial charge in [-0.15, -0.1) is 0 Å². The van der Waals surface area contributed by atoms with Crippen LogP contribution >= 0.6 is 0 Å². The maximum Gasteiger partial charge on any atom is 0.191 e. The molecule has 142 valence electrons. The molecule has 0 amide bonds. The summed E-state index contributed by atoms with van der Waals surface area (Å²) in [6, 6.07) is 0.378. The number of hydrogen-bond donors (Lipinski definition) is 2. The van der Waals surface area contributed by atoms with E-state index in [-0.39, 0.29) is 0 Å². The Bertz CT molecular complexity index is 380. The molecule has 0 spiro atoms. The number of nitrogens with zero attached hydrogens (tertiary/aromatic N) is 1. The van der Waals surface area contributed by atoms with Gasteiger partial charge in [-0.2, -0.15) is 0 Å². The van der Waals surface area contributed by atoms with E-state index >= 15 is 0 Å². The third kappa shape index (κ3) is 8.99. The third-order valence-electron chi connectivity index (χ3n) is 4.29. The van der Waals surface area contributed by atoms with E-state index in [1.807, 2.05) is 6.92 Å². The van der Waals surface area contributed by atoms with Gasteiger partial charge >= 0.3 is 0 Å². The number of guanidine groups is 1. The molecule has 0 radical (unpaired) electrons. The summed E-state index contributed by atoms with van der Waals surface area (Å²) >= 11 is 0. The van der Waals surface area contributed by atoms with Gasteiger partial charge in [0.25, 0.3) is 0 Å². The molecule has 6 nitrogen and oxygen atoms in total. The highest BCUT2D eigenvalue weighted by molar-refractivity contribution is 7.85. The molecular formula is C17H35N3O3S. The molecule has 24 heavy (non-hydrogen) atoms. The Balaban J connectivity index is 2.17. The van der Waals surface area contributed by atoms with Crippen LogP contribution in [0.1, 0.15) is 45.4 Å². The zero-order valence-corrected chi connectivity index (χ0v) is 16.3. The fourth-order valence-corrected chi connectivity index (χ4v) is 4.27. The quantitative estimate of drug-likeness (QED) is 0.333. The summed E-state index contributed by atoms with van der Waals surface area (Å²) in [6.07, 6.45) is 6.41. The van der Waals surface area contributed by atoms with Gasteiger partial charge in [-0.1, -0.05) is 13.3 Å². The lowest BCUT2D eigenvalue weighted by atomic mass is 9.95. The Morgan fingerprint density at radius 2 is 2.08 bits per heavy atom.